The number of rotatable bonds is 11. The van der Waals surface area contributed by atoms with Gasteiger partial charge >= 0.3 is 0 Å². The number of amides is 1. The van der Waals surface area contributed by atoms with Crippen LogP contribution in [-0.2, 0) is 21.2 Å². The predicted octanol–water partition coefficient (Wildman–Crippen LogP) is 3.63. The second-order valence-corrected chi connectivity index (χ2v) is 11.6. The maximum Gasteiger partial charge on any atom is 0.247 e. The minimum atomic E-state index is -3.51. The first-order chi connectivity index (χ1) is 19.0. The molecule has 1 N–H and O–H groups in total. The first kappa shape index (κ1) is 28.8. The fourth-order valence-electron chi connectivity index (χ4n) is 4.45. The van der Waals surface area contributed by atoms with Gasteiger partial charge in [0.05, 0.1) is 36.0 Å². The number of carbonyl (C=O) groups excluding carboxylic acids is 1. The largest absolute Gasteiger partial charge is 0.496 e. The number of ether oxygens (including phenoxy) is 1. The number of benzene rings is 2. The second-order valence-electron chi connectivity index (χ2n) is 9.75. The van der Waals surface area contributed by atoms with Crippen LogP contribution in [0.15, 0.2) is 67.5 Å². The minimum Gasteiger partial charge on any atom is -0.496 e. The quantitative estimate of drug-likeness (QED) is 0.276. The number of hydrogen-bond acceptors (Lipinski definition) is 8. The fourth-order valence-corrected chi connectivity index (χ4v) is 5.26. The van der Waals surface area contributed by atoms with Crippen LogP contribution in [0.3, 0.4) is 0 Å². The van der Waals surface area contributed by atoms with Gasteiger partial charge in [0.15, 0.2) is 0 Å². The third-order valence-electron chi connectivity index (χ3n) is 6.50. The van der Waals surface area contributed by atoms with E-state index in [2.05, 4.69) is 26.7 Å². The van der Waals surface area contributed by atoms with Crippen molar-refractivity contribution in [3.8, 4) is 17.0 Å². The lowest BCUT2D eigenvalue weighted by atomic mass is 10.1. The number of fused-ring (bicyclic) bond motifs is 1. The maximum absolute atomic E-state index is 12.4. The molecule has 0 unspecified atom stereocenters. The van der Waals surface area contributed by atoms with Crippen molar-refractivity contribution in [2.24, 2.45) is 0 Å². The highest BCUT2D eigenvalue weighted by molar-refractivity contribution is 7.89. The van der Waals surface area contributed by atoms with Gasteiger partial charge in [-0.05, 0) is 38.4 Å². The SMILES string of the molecule is C=CC(=O)Nc1cc(Cc2nccc(-c3cn(S(C)(=O)=O)c4ccccc34)n2)c(OC)cc1N(C)CCN(C)C. The van der Waals surface area contributed by atoms with Crippen LogP contribution in [0.25, 0.3) is 22.2 Å². The molecule has 2 aromatic heterocycles. The summed E-state index contributed by atoms with van der Waals surface area (Å²) in [7, 11) is 4.06. The number of likely N-dealkylation sites (N-methyl/N-ethyl adjacent to an activating group) is 2. The Morgan fingerprint density at radius 2 is 1.90 bits per heavy atom. The van der Waals surface area contributed by atoms with E-state index in [1.165, 1.54) is 16.3 Å². The Hall–Kier alpha value is -4.22. The van der Waals surface area contributed by atoms with E-state index in [9.17, 15) is 13.2 Å². The van der Waals surface area contributed by atoms with Crippen molar-refractivity contribution in [2.75, 3.05) is 57.8 Å². The highest BCUT2D eigenvalue weighted by atomic mass is 32.2. The summed E-state index contributed by atoms with van der Waals surface area (Å²) in [6.45, 7) is 5.14. The number of hydrogen-bond donors (Lipinski definition) is 1. The van der Waals surface area contributed by atoms with Gasteiger partial charge in [-0.1, -0.05) is 24.8 Å². The van der Waals surface area contributed by atoms with Crippen molar-refractivity contribution in [3.05, 3.63) is 78.9 Å². The highest BCUT2D eigenvalue weighted by Crippen LogP contribution is 2.35. The molecule has 0 saturated heterocycles. The van der Waals surface area contributed by atoms with Gasteiger partial charge in [0.2, 0.25) is 15.9 Å². The van der Waals surface area contributed by atoms with Crippen LogP contribution in [-0.4, -0.2) is 80.8 Å². The molecular weight excluding hydrogens is 528 g/mol. The van der Waals surface area contributed by atoms with Crippen molar-refractivity contribution in [1.82, 2.24) is 18.8 Å². The van der Waals surface area contributed by atoms with Gasteiger partial charge in [-0.2, -0.15) is 0 Å². The van der Waals surface area contributed by atoms with E-state index in [1.54, 1.807) is 37.7 Å². The topological polar surface area (TPSA) is 110 Å². The average molecular weight is 563 g/mol. The molecule has 0 bridgehead atoms. The molecule has 0 aliphatic heterocycles. The zero-order valence-electron chi connectivity index (χ0n) is 23.4. The van der Waals surface area contributed by atoms with E-state index < -0.39 is 10.0 Å². The monoisotopic (exact) mass is 562 g/mol. The molecule has 11 heteroatoms. The molecule has 0 fully saturated rings. The Balaban J connectivity index is 1.75. The Morgan fingerprint density at radius 3 is 2.58 bits per heavy atom. The number of anilines is 2. The summed E-state index contributed by atoms with van der Waals surface area (Å²) in [4.78, 5) is 25.7. The van der Waals surface area contributed by atoms with Crippen molar-refractivity contribution in [3.63, 3.8) is 0 Å². The Morgan fingerprint density at radius 1 is 1.15 bits per heavy atom. The standard InChI is InChI=1S/C29H34N6O4S/c1-7-29(36)32-24-16-20(27(39-5)18-26(24)34(4)15-14-33(2)3)17-28-30-13-12-23(31-28)22-19-35(40(6,37)38)25-11-9-8-10-21(22)25/h7-13,16,18-19H,1,14-15,17H2,2-6H3,(H,32,36). The first-order valence-electron chi connectivity index (χ1n) is 12.6. The van der Waals surface area contributed by atoms with E-state index >= 15 is 0 Å². The summed E-state index contributed by atoms with van der Waals surface area (Å²) in [6.07, 6.45) is 5.97. The summed E-state index contributed by atoms with van der Waals surface area (Å²) >= 11 is 0. The smallest absolute Gasteiger partial charge is 0.247 e. The van der Waals surface area contributed by atoms with Gasteiger partial charge in [-0.25, -0.2) is 22.4 Å². The molecular formula is C29H34N6O4S. The lowest BCUT2D eigenvalue weighted by Gasteiger charge is -2.25. The fraction of sp³-hybridized carbons (Fsp3) is 0.276. The van der Waals surface area contributed by atoms with Gasteiger partial charge in [-0.15, -0.1) is 0 Å². The average Bonchev–Trinajstić information content (AvgIpc) is 3.32. The molecule has 4 aromatic rings. The van der Waals surface area contributed by atoms with Crippen molar-refractivity contribution >= 4 is 38.2 Å². The summed E-state index contributed by atoms with van der Waals surface area (Å²) in [5.41, 5.74) is 4.08. The molecule has 10 nitrogen and oxygen atoms in total. The predicted molar refractivity (Wildman–Crippen MR) is 160 cm³/mol. The minimum absolute atomic E-state index is 0.320. The Kier molecular flexibility index (Phi) is 8.55. The normalized spacial score (nSPS) is 11.6. The molecule has 2 heterocycles. The summed E-state index contributed by atoms with van der Waals surface area (Å²) in [5.74, 6) is 0.826. The third kappa shape index (κ3) is 6.32. The molecule has 0 spiro atoms. The van der Waals surface area contributed by atoms with Crippen LogP contribution in [0.1, 0.15) is 11.4 Å². The molecule has 40 heavy (non-hydrogen) atoms. The number of methoxy groups -OCH3 is 1. The summed E-state index contributed by atoms with van der Waals surface area (Å²) < 4.78 is 31.9. The van der Waals surface area contributed by atoms with Gasteiger partial charge in [0.25, 0.3) is 0 Å². The molecule has 0 radical (unpaired) electrons. The van der Waals surface area contributed by atoms with Crippen LogP contribution >= 0.6 is 0 Å². The molecule has 1 amide bonds. The lowest BCUT2D eigenvalue weighted by Crippen LogP contribution is -2.29. The van der Waals surface area contributed by atoms with Crippen LogP contribution in [0.5, 0.6) is 5.75 Å². The van der Waals surface area contributed by atoms with Crippen LogP contribution in [0, 0.1) is 0 Å². The van der Waals surface area contributed by atoms with Crippen LogP contribution < -0.4 is 15.0 Å². The number of aromatic nitrogens is 3. The van der Waals surface area contributed by atoms with E-state index in [1.807, 2.05) is 45.4 Å². The number of nitrogens with zero attached hydrogens (tertiary/aromatic N) is 5. The molecule has 2 aromatic carbocycles. The number of carbonyl (C=O) groups is 1. The summed E-state index contributed by atoms with van der Waals surface area (Å²) in [6, 6.07) is 12.8. The van der Waals surface area contributed by atoms with Crippen LogP contribution in [0.4, 0.5) is 11.4 Å². The Bertz CT molecular complexity index is 1660. The van der Waals surface area contributed by atoms with E-state index in [4.69, 9.17) is 9.72 Å². The molecule has 210 valence electrons. The zero-order chi connectivity index (χ0) is 29.0. The van der Waals surface area contributed by atoms with Crippen molar-refractivity contribution < 1.29 is 17.9 Å². The second kappa shape index (κ2) is 11.9. The van der Waals surface area contributed by atoms with E-state index in [-0.39, 0.29) is 5.91 Å². The highest BCUT2D eigenvalue weighted by Gasteiger charge is 2.19. The zero-order valence-corrected chi connectivity index (χ0v) is 24.2. The molecule has 0 atom stereocenters. The number of para-hydroxylation sites is 1. The lowest BCUT2D eigenvalue weighted by molar-refractivity contribution is -0.111. The Labute approximate surface area is 235 Å². The van der Waals surface area contributed by atoms with Gasteiger partial charge < -0.3 is 19.9 Å². The van der Waals surface area contributed by atoms with Crippen molar-refractivity contribution in [1.29, 1.82) is 0 Å². The van der Waals surface area contributed by atoms with Gasteiger partial charge in [0, 0.05) is 61.5 Å². The van der Waals surface area contributed by atoms with Gasteiger partial charge in [0.1, 0.15) is 11.6 Å². The molecule has 4 rings (SSSR count). The van der Waals surface area contributed by atoms with E-state index in [0.29, 0.717) is 40.5 Å². The maximum atomic E-state index is 12.4. The van der Waals surface area contributed by atoms with Crippen molar-refractivity contribution in [2.45, 2.75) is 6.42 Å². The molecule has 0 aliphatic rings. The van der Waals surface area contributed by atoms with Crippen LogP contribution in [0.2, 0.25) is 0 Å². The van der Waals surface area contributed by atoms with E-state index in [0.717, 1.165) is 29.7 Å². The number of nitrogens with one attached hydrogen (secondary N) is 1. The van der Waals surface area contributed by atoms with Gasteiger partial charge in [-0.3, -0.25) is 4.79 Å². The molecule has 0 aliphatic carbocycles. The first-order valence-corrected chi connectivity index (χ1v) is 14.5. The molecule has 0 saturated carbocycles. The third-order valence-corrected chi connectivity index (χ3v) is 7.52. The summed E-state index contributed by atoms with van der Waals surface area (Å²) in [5, 5.41) is 3.69.